The van der Waals surface area contributed by atoms with Crippen molar-refractivity contribution in [3.8, 4) is 5.75 Å². The number of ether oxygens (including phenoxy) is 1. The highest BCUT2D eigenvalue weighted by Gasteiger charge is 2.25. The van der Waals surface area contributed by atoms with Crippen LogP contribution in [0.4, 0.5) is 11.4 Å². The van der Waals surface area contributed by atoms with E-state index in [1.165, 1.54) is 5.69 Å². The van der Waals surface area contributed by atoms with Crippen LogP contribution < -0.4 is 19.9 Å². The molecule has 1 aliphatic rings. The summed E-state index contributed by atoms with van der Waals surface area (Å²) >= 11 is 0. The van der Waals surface area contributed by atoms with Crippen molar-refractivity contribution in [3.05, 3.63) is 54.6 Å². The molecule has 3 rings (SSSR count). The highest BCUT2D eigenvalue weighted by molar-refractivity contribution is 5.98. The van der Waals surface area contributed by atoms with Crippen molar-refractivity contribution < 1.29 is 14.3 Å². The largest absolute Gasteiger partial charge is 0.482 e. The number of nitrogens with zero attached hydrogens (tertiary/aromatic N) is 2. The van der Waals surface area contributed by atoms with Crippen molar-refractivity contribution >= 4 is 23.2 Å². The lowest BCUT2D eigenvalue weighted by molar-refractivity contribution is -0.122. The Morgan fingerprint density at radius 1 is 1.07 bits per heavy atom. The molecule has 0 spiro atoms. The van der Waals surface area contributed by atoms with Crippen LogP contribution in [0.25, 0.3) is 0 Å². The maximum Gasteiger partial charge on any atom is 0.265 e. The first-order chi connectivity index (χ1) is 14.7. The van der Waals surface area contributed by atoms with Crippen molar-refractivity contribution in [1.29, 1.82) is 0 Å². The number of fused-ring (bicyclic) bond motifs is 1. The lowest BCUT2D eigenvalue weighted by Crippen LogP contribution is -2.41. The van der Waals surface area contributed by atoms with Gasteiger partial charge in [0.1, 0.15) is 5.75 Å². The molecule has 2 amide bonds. The lowest BCUT2D eigenvalue weighted by Gasteiger charge is -2.29. The second-order valence-electron chi connectivity index (χ2n) is 7.43. The fourth-order valence-electron chi connectivity index (χ4n) is 3.56. The summed E-state index contributed by atoms with van der Waals surface area (Å²) in [4.78, 5) is 28.5. The summed E-state index contributed by atoms with van der Waals surface area (Å²) in [5.41, 5.74) is 1.96. The van der Waals surface area contributed by atoms with Crippen LogP contribution in [-0.2, 0) is 9.59 Å². The Kier molecular flexibility index (Phi) is 8.12. The van der Waals surface area contributed by atoms with Gasteiger partial charge in [-0.1, -0.05) is 43.7 Å². The van der Waals surface area contributed by atoms with Gasteiger partial charge in [-0.25, -0.2) is 0 Å². The third kappa shape index (κ3) is 5.99. The van der Waals surface area contributed by atoms with E-state index in [4.69, 9.17) is 4.74 Å². The Balaban J connectivity index is 1.42. The number of hydrogen-bond acceptors (Lipinski definition) is 4. The fraction of sp³-hybridized carbons (Fsp3) is 0.417. The summed E-state index contributed by atoms with van der Waals surface area (Å²) in [6, 6.07) is 17.8. The topological polar surface area (TPSA) is 61.9 Å². The maximum atomic E-state index is 12.3. The number of amides is 2. The van der Waals surface area contributed by atoms with Crippen LogP contribution in [0, 0.1) is 0 Å². The molecule has 0 saturated carbocycles. The zero-order valence-electron chi connectivity index (χ0n) is 17.7. The summed E-state index contributed by atoms with van der Waals surface area (Å²) in [7, 11) is 0. The molecule has 30 heavy (non-hydrogen) atoms. The van der Waals surface area contributed by atoms with E-state index in [2.05, 4.69) is 41.4 Å². The second kappa shape index (κ2) is 11.2. The summed E-state index contributed by atoms with van der Waals surface area (Å²) in [5.74, 6) is 0.535. The highest BCUT2D eigenvalue weighted by atomic mass is 16.5. The number of rotatable bonds is 11. The highest BCUT2D eigenvalue weighted by Crippen LogP contribution is 2.31. The van der Waals surface area contributed by atoms with E-state index in [1.54, 1.807) is 4.90 Å². The molecule has 2 aromatic rings. The van der Waals surface area contributed by atoms with Gasteiger partial charge in [-0.3, -0.25) is 9.59 Å². The average Bonchev–Trinajstić information content (AvgIpc) is 2.78. The van der Waals surface area contributed by atoms with E-state index < -0.39 is 0 Å². The number of unbranched alkanes of at least 4 members (excludes halogenated alkanes) is 1. The van der Waals surface area contributed by atoms with E-state index >= 15 is 0 Å². The van der Waals surface area contributed by atoms with Crippen molar-refractivity contribution in [3.63, 3.8) is 0 Å². The molecule has 6 nitrogen and oxygen atoms in total. The van der Waals surface area contributed by atoms with E-state index in [-0.39, 0.29) is 24.8 Å². The first-order valence-corrected chi connectivity index (χ1v) is 10.8. The van der Waals surface area contributed by atoms with Gasteiger partial charge in [0.15, 0.2) is 6.61 Å². The molecule has 0 saturated heterocycles. The summed E-state index contributed by atoms with van der Waals surface area (Å²) < 4.78 is 5.44. The molecule has 6 heteroatoms. The van der Waals surface area contributed by atoms with Gasteiger partial charge in [-0.2, -0.15) is 0 Å². The Morgan fingerprint density at radius 2 is 1.80 bits per heavy atom. The van der Waals surface area contributed by atoms with Gasteiger partial charge in [0.2, 0.25) is 5.91 Å². The van der Waals surface area contributed by atoms with Crippen LogP contribution in [-0.4, -0.2) is 44.6 Å². The molecule has 0 aromatic heterocycles. The average molecular weight is 410 g/mol. The zero-order chi connectivity index (χ0) is 21.2. The van der Waals surface area contributed by atoms with Crippen molar-refractivity contribution in [1.82, 2.24) is 5.32 Å². The standard InChI is InChI=1S/C24H31N3O3/c1-2-3-16-26(20-10-5-4-6-11-20)17-9-15-25-23(28)14-18-27-21-12-7-8-13-22(21)30-19-24(27)29/h4-8,10-13H,2-3,9,14-19H2,1H3,(H,25,28). The number of benzene rings is 2. The molecular weight excluding hydrogens is 378 g/mol. The van der Waals surface area contributed by atoms with Crippen molar-refractivity contribution in [2.45, 2.75) is 32.6 Å². The number of nitrogens with one attached hydrogen (secondary N) is 1. The molecule has 0 aliphatic carbocycles. The van der Waals surface area contributed by atoms with Gasteiger partial charge in [0.25, 0.3) is 5.91 Å². The van der Waals surface area contributed by atoms with Gasteiger partial charge in [-0.05, 0) is 37.1 Å². The van der Waals surface area contributed by atoms with E-state index in [0.717, 1.165) is 38.0 Å². The molecule has 0 bridgehead atoms. The van der Waals surface area contributed by atoms with E-state index in [0.29, 0.717) is 18.8 Å². The number of hydrogen-bond donors (Lipinski definition) is 1. The number of carbonyl (C=O) groups excluding carboxylic acids is 2. The molecule has 0 radical (unpaired) electrons. The molecule has 0 atom stereocenters. The Hall–Kier alpha value is -3.02. The molecule has 160 valence electrons. The van der Waals surface area contributed by atoms with Gasteiger partial charge in [-0.15, -0.1) is 0 Å². The Labute approximate surface area is 178 Å². The number of para-hydroxylation sites is 3. The normalized spacial score (nSPS) is 12.8. The minimum absolute atomic E-state index is 0.0196. The number of anilines is 2. The van der Waals surface area contributed by atoms with Crippen LogP contribution in [0.3, 0.4) is 0 Å². The Morgan fingerprint density at radius 3 is 2.60 bits per heavy atom. The fourth-order valence-corrected chi connectivity index (χ4v) is 3.56. The monoisotopic (exact) mass is 409 g/mol. The van der Waals surface area contributed by atoms with Crippen LogP contribution in [0.1, 0.15) is 32.6 Å². The maximum absolute atomic E-state index is 12.3. The molecule has 0 unspecified atom stereocenters. The van der Waals surface area contributed by atoms with Gasteiger partial charge < -0.3 is 19.9 Å². The van der Waals surface area contributed by atoms with Gasteiger partial charge in [0, 0.05) is 38.3 Å². The quantitative estimate of drug-likeness (QED) is 0.576. The van der Waals surface area contributed by atoms with Crippen LogP contribution in [0.2, 0.25) is 0 Å². The predicted octanol–water partition coefficient (Wildman–Crippen LogP) is 3.62. The molecule has 1 aliphatic heterocycles. The van der Waals surface area contributed by atoms with Crippen LogP contribution >= 0.6 is 0 Å². The van der Waals surface area contributed by atoms with E-state index in [1.807, 2.05) is 30.3 Å². The summed E-state index contributed by atoms with van der Waals surface area (Å²) in [5, 5.41) is 2.99. The summed E-state index contributed by atoms with van der Waals surface area (Å²) in [6.45, 7) is 5.12. The van der Waals surface area contributed by atoms with Crippen molar-refractivity contribution in [2.24, 2.45) is 0 Å². The third-order valence-corrected chi connectivity index (χ3v) is 5.20. The predicted molar refractivity (Wildman–Crippen MR) is 120 cm³/mol. The minimum Gasteiger partial charge on any atom is -0.482 e. The SMILES string of the molecule is CCCCN(CCCNC(=O)CCN1C(=O)COc2ccccc21)c1ccccc1. The zero-order valence-corrected chi connectivity index (χ0v) is 17.7. The van der Waals surface area contributed by atoms with Gasteiger partial charge in [0.05, 0.1) is 5.69 Å². The molecule has 2 aromatic carbocycles. The van der Waals surface area contributed by atoms with Gasteiger partial charge >= 0.3 is 0 Å². The smallest absolute Gasteiger partial charge is 0.265 e. The lowest BCUT2D eigenvalue weighted by atomic mass is 10.2. The van der Waals surface area contributed by atoms with E-state index in [9.17, 15) is 9.59 Å². The van der Waals surface area contributed by atoms with Crippen LogP contribution in [0.5, 0.6) is 5.75 Å². The Bertz CT molecular complexity index is 825. The first-order valence-electron chi connectivity index (χ1n) is 10.8. The summed E-state index contributed by atoms with van der Waals surface area (Å²) in [6.07, 6.45) is 3.46. The minimum atomic E-state index is -0.115. The molecule has 1 N–H and O–H groups in total. The molecule has 1 heterocycles. The molecular formula is C24H31N3O3. The van der Waals surface area contributed by atoms with Crippen molar-refractivity contribution in [2.75, 3.05) is 42.6 Å². The third-order valence-electron chi connectivity index (χ3n) is 5.20. The number of carbonyl (C=O) groups is 2. The first kappa shape index (κ1) is 21.7. The molecule has 0 fully saturated rings. The second-order valence-corrected chi connectivity index (χ2v) is 7.43. The van der Waals surface area contributed by atoms with Crippen LogP contribution in [0.15, 0.2) is 54.6 Å².